The van der Waals surface area contributed by atoms with Crippen LogP contribution in [-0.2, 0) is 0 Å². The van der Waals surface area contributed by atoms with E-state index in [2.05, 4.69) is 19.9 Å². The van der Waals surface area contributed by atoms with Crippen molar-refractivity contribution in [2.45, 2.75) is 19.8 Å². The van der Waals surface area contributed by atoms with Gasteiger partial charge in [0.1, 0.15) is 0 Å². The van der Waals surface area contributed by atoms with Crippen LogP contribution in [0.3, 0.4) is 0 Å². The summed E-state index contributed by atoms with van der Waals surface area (Å²) in [5.41, 5.74) is 3.39. The van der Waals surface area contributed by atoms with Crippen molar-refractivity contribution in [2.75, 3.05) is 0 Å². The third kappa shape index (κ3) is 3.58. The third-order valence-corrected chi connectivity index (χ3v) is 3.42. The highest BCUT2D eigenvalue weighted by molar-refractivity contribution is 5.89. The zero-order valence-electron chi connectivity index (χ0n) is 12.5. The molecule has 22 heavy (non-hydrogen) atoms. The molecular formula is C18H16N2O2. The van der Waals surface area contributed by atoms with Gasteiger partial charge in [-0.15, -0.1) is 0 Å². The van der Waals surface area contributed by atoms with Crippen molar-refractivity contribution in [3.05, 3.63) is 75.3 Å². The first-order valence-corrected chi connectivity index (χ1v) is 6.98. The number of nitriles is 1. The normalized spacial score (nSPS) is 11.3. The number of rotatable bonds is 4. The number of allylic oxidation sites excluding steroid dienone is 1. The molecule has 2 aromatic rings. The molecule has 2 rings (SSSR count). The number of non-ortho nitro benzene ring substituents is 1. The minimum absolute atomic E-state index is 0.0388. The Balaban J connectivity index is 2.31. The van der Waals surface area contributed by atoms with Crippen LogP contribution in [0.5, 0.6) is 0 Å². The maximum absolute atomic E-state index is 10.6. The zero-order valence-corrected chi connectivity index (χ0v) is 12.5. The van der Waals surface area contributed by atoms with Gasteiger partial charge >= 0.3 is 0 Å². The largest absolute Gasteiger partial charge is 0.269 e. The lowest BCUT2D eigenvalue weighted by Crippen LogP contribution is -1.89. The molecule has 0 aromatic heterocycles. The summed E-state index contributed by atoms with van der Waals surface area (Å²) in [4.78, 5) is 10.2. The summed E-state index contributed by atoms with van der Waals surface area (Å²) in [6.07, 6.45) is 1.73. The Bertz CT molecular complexity index is 736. The van der Waals surface area contributed by atoms with Crippen molar-refractivity contribution >= 4 is 17.3 Å². The highest BCUT2D eigenvalue weighted by Gasteiger charge is 2.06. The Morgan fingerprint density at radius 1 is 1.14 bits per heavy atom. The fourth-order valence-electron chi connectivity index (χ4n) is 2.09. The van der Waals surface area contributed by atoms with E-state index in [4.69, 9.17) is 0 Å². The quantitative estimate of drug-likeness (QED) is 0.352. The second-order valence-corrected chi connectivity index (χ2v) is 5.30. The molecule has 0 saturated carbocycles. The van der Waals surface area contributed by atoms with E-state index in [9.17, 15) is 15.4 Å². The summed E-state index contributed by atoms with van der Waals surface area (Å²) in [5.74, 6) is 0.443. The van der Waals surface area contributed by atoms with Crippen molar-refractivity contribution in [1.82, 2.24) is 0 Å². The molecule has 0 aliphatic heterocycles. The Kier molecular flexibility index (Phi) is 4.70. The van der Waals surface area contributed by atoms with E-state index in [-0.39, 0.29) is 5.69 Å². The average Bonchev–Trinajstić information content (AvgIpc) is 2.53. The third-order valence-electron chi connectivity index (χ3n) is 3.42. The molecule has 4 nitrogen and oxygen atoms in total. The number of hydrogen-bond donors (Lipinski definition) is 0. The maximum Gasteiger partial charge on any atom is 0.269 e. The van der Waals surface area contributed by atoms with Gasteiger partial charge in [-0.2, -0.15) is 5.26 Å². The second-order valence-electron chi connectivity index (χ2n) is 5.30. The van der Waals surface area contributed by atoms with E-state index >= 15 is 0 Å². The topological polar surface area (TPSA) is 66.9 Å². The van der Waals surface area contributed by atoms with Crippen LogP contribution in [0, 0.1) is 21.4 Å². The molecule has 0 saturated heterocycles. The molecule has 0 aliphatic rings. The van der Waals surface area contributed by atoms with Crippen LogP contribution in [-0.4, -0.2) is 4.92 Å². The Labute approximate surface area is 129 Å². The molecule has 0 bridgehead atoms. The molecular weight excluding hydrogens is 276 g/mol. The summed E-state index contributed by atoms with van der Waals surface area (Å²) in [5, 5.41) is 20.0. The molecule has 110 valence electrons. The number of nitro groups is 1. The van der Waals surface area contributed by atoms with Gasteiger partial charge in [0.15, 0.2) is 0 Å². The van der Waals surface area contributed by atoms with Gasteiger partial charge in [-0.3, -0.25) is 10.1 Å². The van der Waals surface area contributed by atoms with Gasteiger partial charge in [0, 0.05) is 12.1 Å². The van der Waals surface area contributed by atoms with Gasteiger partial charge in [0.05, 0.1) is 16.6 Å². The van der Waals surface area contributed by atoms with Gasteiger partial charge in [0.25, 0.3) is 5.69 Å². The lowest BCUT2D eigenvalue weighted by atomic mass is 9.98. The highest BCUT2D eigenvalue weighted by atomic mass is 16.6. The lowest BCUT2D eigenvalue weighted by molar-refractivity contribution is -0.384. The Hall–Kier alpha value is -2.93. The number of benzene rings is 2. The van der Waals surface area contributed by atoms with E-state index in [1.54, 1.807) is 18.2 Å². The first kappa shape index (κ1) is 15.5. The van der Waals surface area contributed by atoms with Crippen LogP contribution in [0.4, 0.5) is 5.69 Å². The van der Waals surface area contributed by atoms with Gasteiger partial charge in [-0.1, -0.05) is 38.1 Å². The van der Waals surface area contributed by atoms with Crippen LogP contribution in [0.15, 0.2) is 48.5 Å². The van der Waals surface area contributed by atoms with Crippen LogP contribution >= 0.6 is 0 Å². The molecule has 2 aromatic carbocycles. The smallest absolute Gasteiger partial charge is 0.258 e. The molecule has 0 spiro atoms. The van der Waals surface area contributed by atoms with Crippen molar-refractivity contribution < 1.29 is 4.92 Å². The fraction of sp³-hybridized carbons (Fsp3) is 0.167. The van der Waals surface area contributed by atoms with E-state index in [0.717, 1.165) is 11.1 Å². The van der Waals surface area contributed by atoms with Crippen molar-refractivity contribution in [3.63, 3.8) is 0 Å². The van der Waals surface area contributed by atoms with Gasteiger partial charge in [0.2, 0.25) is 0 Å². The summed E-state index contributed by atoms with van der Waals surface area (Å²) in [7, 11) is 0. The Morgan fingerprint density at radius 2 is 1.73 bits per heavy atom. The number of nitrogens with zero attached hydrogens (tertiary/aromatic N) is 2. The summed E-state index contributed by atoms with van der Waals surface area (Å²) in [6, 6.07) is 16.2. The zero-order chi connectivity index (χ0) is 16.1. The van der Waals surface area contributed by atoms with E-state index in [1.807, 2.05) is 24.3 Å². The fourth-order valence-corrected chi connectivity index (χ4v) is 2.09. The molecule has 0 atom stereocenters. The summed E-state index contributed by atoms with van der Waals surface area (Å²) in [6.45, 7) is 4.24. The molecule has 0 amide bonds. The molecule has 0 radical (unpaired) electrons. The molecule has 0 aliphatic carbocycles. The Morgan fingerprint density at radius 3 is 2.18 bits per heavy atom. The first-order valence-electron chi connectivity index (χ1n) is 6.98. The SMILES string of the molecule is CC(C)c1ccc(/C(C#N)=C\c2ccc([N+](=O)[O-])cc2)cc1. The molecule has 0 heterocycles. The standard InChI is InChI=1S/C18H16N2O2/c1-13(2)15-5-7-16(8-6-15)17(12-19)11-14-3-9-18(10-4-14)20(21)22/h3-11,13H,1-2H3/b17-11-. The highest BCUT2D eigenvalue weighted by Crippen LogP contribution is 2.22. The van der Waals surface area contributed by atoms with Crippen LogP contribution in [0.2, 0.25) is 0 Å². The van der Waals surface area contributed by atoms with Crippen molar-refractivity contribution in [2.24, 2.45) is 0 Å². The van der Waals surface area contributed by atoms with Crippen LogP contribution in [0.1, 0.15) is 36.5 Å². The average molecular weight is 292 g/mol. The minimum Gasteiger partial charge on any atom is -0.258 e. The summed E-state index contributed by atoms with van der Waals surface area (Å²) < 4.78 is 0. The van der Waals surface area contributed by atoms with E-state index < -0.39 is 4.92 Å². The number of nitro benzene ring substituents is 1. The second kappa shape index (κ2) is 6.68. The molecule has 0 fully saturated rings. The monoisotopic (exact) mass is 292 g/mol. The van der Waals surface area contributed by atoms with Crippen molar-refractivity contribution in [3.8, 4) is 6.07 Å². The lowest BCUT2D eigenvalue weighted by Gasteiger charge is -2.06. The molecule has 4 heteroatoms. The minimum atomic E-state index is -0.441. The first-order chi connectivity index (χ1) is 10.5. The maximum atomic E-state index is 10.6. The predicted molar refractivity (Wildman–Crippen MR) is 87.1 cm³/mol. The number of hydrogen-bond acceptors (Lipinski definition) is 3. The van der Waals surface area contributed by atoms with Crippen LogP contribution < -0.4 is 0 Å². The van der Waals surface area contributed by atoms with Crippen LogP contribution in [0.25, 0.3) is 11.6 Å². The molecule has 0 N–H and O–H groups in total. The van der Waals surface area contributed by atoms with E-state index in [1.165, 1.54) is 17.7 Å². The molecule has 0 unspecified atom stereocenters. The van der Waals surface area contributed by atoms with E-state index in [0.29, 0.717) is 11.5 Å². The van der Waals surface area contributed by atoms with Crippen molar-refractivity contribution in [1.29, 1.82) is 5.26 Å². The summed E-state index contributed by atoms with van der Waals surface area (Å²) >= 11 is 0. The van der Waals surface area contributed by atoms with Gasteiger partial charge < -0.3 is 0 Å². The predicted octanol–water partition coefficient (Wildman–Crippen LogP) is 4.78. The van der Waals surface area contributed by atoms with Gasteiger partial charge in [-0.25, -0.2) is 0 Å². The van der Waals surface area contributed by atoms with Gasteiger partial charge in [-0.05, 0) is 40.8 Å².